The Hall–Kier alpha value is -6.58. The van der Waals surface area contributed by atoms with Crippen molar-refractivity contribution in [3.05, 3.63) is 115 Å². The molecule has 3 aromatic rings. The topological polar surface area (TPSA) is 132 Å². The van der Waals surface area contributed by atoms with Crippen LogP contribution in [0, 0.1) is 74.2 Å². The summed E-state index contributed by atoms with van der Waals surface area (Å²) in [6.07, 6.45) is -15.8. The van der Waals surface area contributed by atoms with E-state index in [2.05, 4.69) is 4.98 Å². The van der Waals surface area contributed by atoms with E-state index in [4.69, 9.17) is 0 Å². The summed E-state index contributed by atoms with van der Waals surface area (Å²) in [5.74, 6) is -7.66. The molecule has 18 heteroatoms. The second-order valence-electron chi connectivity index (χ2n) is 9.58. The van der Waals surface area contributed by atoms with Crippen LogP contribution in [-0.4, -0.2) is 4.98 Å². The molecule has 0 saturated heterocycles. The van der Waals surface area contributed by atoms with Crippen LogP contribution < -0.4 is 0 Å². The molecule has 4 rings (SSSR count). The van der Waals surface area contributed by atoms with Gasteiger partial charge in [0.25, 0.3) is 0 Å². The van der Waals surface area contributed by atoms with Crippen LogP contribution >= 0.6 is 0 Å². The molecule has 1 aromatic heterocycles. The average Bonchev–Trinajstić information content (AvgIpc) is 3.74. The number of nitriles is 5. The third-order valence-electron chi connectivity index (χ3n) is 6.80. The summed E-state index contributed by atoms with van der Waals surface area (Å²) in [7, 11) is 0. The zero-order chi connectivity index (χ0) is 36.8. The van der Waals surface area contributed by atoms with Gasteiger partial charge in [-0.25, -0.2) is 13.8 Å². The van der Waals surface area contributed by atoms with Crippen LogP contribution in [0.4, 0.5) is 52.7 Å². The molecule has 0 bridgehead atoms. The maximum Gasteiger partial charge on any atom is 0.436 e. The summed E-state index contributed by atoms with van der Waals surface area (Å²) in [4.78, 5) is 2.18. The van der Waals surface area contributed by atoms with Crippen molar-refractivity contribution in [2.45, 2.75) is 18.5 Å². The highest BCUT2D eigenvalue weighted by atomic mass is 19.4. The monoisotopic (exact) mass is 690 g/mol. The molecule has 0 atom stereocenters. The van der Waals surface area contributed by atoms with Crippen molar-refractivity contribution in [3.63, 3.8) is 0 Å². The van der Waals surface area contributed by atoms with Crippen molar-refractivity contribution in [1.82, 2.24) is 4.98 Å². The standard InChI is InChI=1S/C31H6F12N6/c32-25-24(26(33)28(34)49-27(25)31(41,42)43)20(11-48)23-21(18(9-46)16-3-1-14(29(35,36)37)5-12(16)7-44)22(23)19(10-47)17-4-2-15(30(38,39)40)6-13(17)8-45/h1-6H/b21-18+,22-19?,23-20+. The van der Waals surface area contributed by atoms with Crippen LogP contribution in [0.15, 0.2) is 53.1 Å². The van der Waals surface area contributed by atoms with E-state index in [1.54, 1.807) is 0 Å². The first kappa shape index (κ1) is 35.3. The summed E-state index contributed by atoms with van der Waals surface area (Å²) < 4.78 is 165. The number of alkyl halides is 9. The fraction of sp³-hybridized carbons (Fsp3) is 0.0968. The Morgan fingerprint density at radius 2 is 0.918 bits per heavy atom. The van der Waals surface area contributed by atoms with Crippen LogP contribution in [0.1, 0.15) is 44.6 Å². The molecule has 49 heavy (non-hydrogen) atoms. The molecular formula is C31H6F12N6. The maximum atomic E-state index is 15.2. The van der Waals surface area contributed by atoms with Gasteiger partial charge in [0.2, 0.25) is 5.95 Å². The Labute approximate surface area is 265 Å². The molecule has 1 aliphatic carbocycles. The van der Waals surface area contributed by atoms with Crippen molar-refractivity contribution < 1.29 is 52.7 Å². The number of allylic oxidation sites excluding steroid dienone is 6. The van der Waals surface area contributed by atoms with Gasteiger partial charge in [0.1, 0.15) is 18.2 Å². The first-order chi connectivity index (χ1) is 22.8. The average molecular weight is 690 g/mol. The molecule has 0 spiro atoms. The van der Waals surface area contributed by atoms with Crippen LogP contribution in [0.3, 0.4) is 0 Å². The summed E-state index contributed by atoms with van der Waals surface area (Å²) >= 11 is 0. The van der Waals surface area contributed by atoms with E-state index in [1.807, 2.05) is 0 Å². The normalized spacial score (nSPS) is 16.0. The van der Waals surface area contributed by atoms with E-state index in [0.717, 1.165) is 6.07 Å². The maximum absolute atomic E-state index is 15.2. The molecular weight excluding hydrogens is 684 g/mol. The molecule has 0 N–H and O–H groups in total. The number of aromatic nitrogens is 1. The molecule has 0 aliphatic heterocycles. The van der Waals surface area contributed by atoms with Gasteiger partial charge in [0.05, 0.1) is 56.7 Å². The minimum atomic E-state index is -5.78. The van der Waals surface area contributed by atoms with E-state index in [9.17, 15) is 74.6 Å². The molecule has 2 aromatic carbocycles. The molecule has 244 valence electrons. The van der Waals surface area contributed by atoms with Crippen LogP contribution in [-0.2, 0) is 18.5 Å². The first-order valence-corrected chi connectivity index (χ1v) is 12.6. The lowest BCUT2D eigenvalue weighted by atomic mass is 9.96. The second-order valence-corrected chi connectivity index (χ2v) is 9.58. The van der Waals surface area contributed by atoms with Gasteiger partial charge >= 0.3 is 18.5 Å². The fourth-order valence-electron chi connectivity index (χ4n) is 4.66. The van der Waals surface area contributed by atoms with Gasteiger partial charge in [-0.2, -0.15) is 70.2 Å². The molecule has 0 radical (unpaired) electrons. The number of halogens is 12. The Morgan fingerprint density at radius 3 is 1.24 bits per heavy atom. The van der Waals surface area contributed by atoms with E-state index < -0.39 is 114 Å². The minimum absolute atomic E-state index is 0.273. The smallest absolute Gasteiger partial charge is 0.209 e. The highest BCUT2D eigenvalue weighted by Crippen LogP contribution is 2.57. The van der Waals surface area contributed by atoms with E-state index >= 15 is 4.39 Å². The summed E-state index contributed by atoms with van der Waals surface area (Å²) in [6.45, 7) is 0. The molecule has 0 amide bonds. The van der Waals surface area contributed by atoms with Gasteiger partial charge in [0.15, 0.2) is 17.3 Å². The lowest BCUT2D eigenvalue weighted by molar-refractivity contribution is -0.144. The first-order valence-electron chi connectivity index (χ1n) is 12.6. The summed E-state index contributed by atoms with van der Waals surface area (Å²) in [5, 5.41) is 49.2. The third kappa shape index (κ3) is 6.26. The number of hydrogen-bond acceptors (Lipinski definition) is 6. The van der Waals surface area contributed by atoms with Gasteiger partial charge in [0, 0.05) is 27.8 Å². The number of hydrogen-bond donors (Lipinski definition) is 0. The third-order valence-corrected chi connectivity index (χ3v) is 6.80. The van der Waals surface area contributed by atoms with E-state index in [-0.39, 0.29) is 12.1 Å². The Balaban J connectivity index is 2.26. The van der Waals surface area contributed by atoms with Crippen molar-refractivity contribution in [2.75, 3.05) is 0 Å². The zero-order valence-electron chi connectivity index (χ0n) is 23.2. The van der Waals surface area contributed by atoms with Crippen LogP contribution in [0.2, 0.25) is 0 Å². The SMILES string of the molecule is N#CC(=C1C(=C(/C#N)c2ccc(C(F)(F)F)cc2C#N)/C1=C(/C#N)c1c(F)c(F)nc(C(F)(F)F)c1F)c1ccc(C(F)(F)F)cc1C#N. The quantitative estimate of drug-likeness (QED) is 0.154. The van der Waals surface area contributed by atoms with Gasteiger partial charge in [-0.1, -0.05) is 12.1 Å². The molecule has 1 fully saturated rings. The number of rotatable bonds is 3. The summed E-state index contributed by atoms with van der Waals surface area (Å²) in [6, 6.07) is 9.26. The van der Waals surface area contributed by atoms with E-state index in [0.29, 0.717) is 24.3 Å². The van der Waals surface area contributed by atoms with Crippen molar-refractivity contribution in [3.8, 4) is 30.3 Å². The van der Waals surface area contributed by atoms with Gasteiger partial charge in [-0.05, 0) is 24.3 Å². The highest BCUT2D eigenvalue weighted by molar-refractivity contribution is 6.12. The Bertz CT molecular complexity index is 2160. The van der Waals surface area contributed by atoms with E-state index in [1.165, 1.54) is 24.3 Å². The fourth-order valence-corrected chi connectivity index (χ4v) is 4.66. The molecule has 1 saturated carbocycles. The second kappa shape index (κ2) is 12.2. The van der Waals surface area contributed by atoms with Crippen molar-refractivity contribution in [2.24, 2.45) is 0 Å². The molecule has 6 nitrogen and oxygen atoms in total. The Morgan fingerprint density at radius 1 is 0.531 bits per heavy atom. The minimum Gasteiger partial charge on any atom is -0.209 e. The largest absolute Gasteiger partial charge is 0.436 e. The predicted octanol–water partition coefficient (Wildman–Crippen LogP) is 8.54. The number of pyridine rings is 1. The van der Waals surface area contributed by atoms with Crippen LogP contribution in [0.25, 0.3) is 16.7 Å². The zero-order valence-corrected chi connectivity index (χ0v) is 23.2. The predicted molar refractivity (Wildman–Crippen MR) is 139 cm³/mol. The van der Waals surface area contributed by atoms with Crippen LogP contribution in [0.5, 0.6) is 0 Å². The lowest BCUT2D eigenvalue weighted by Crippen LogP contribution is -2.16. The lowest BCUT2D eigenvalue weighted by Gasteiger charge is -2.11. The van der Waals surface area contributed by atoms with Crippen molar-refractivity contribution >= 4 is 16.7 Å². The van der Waals surface area contributed by atoms with Gasteiger partial charge in [-0.3, -0.25) is 0 Å². The summed E-state index contributed by atoms with van der Waals surface area (Å²) in [5.41, 5.74) is -16.5. The number of benzene rings is 2. The van der Waals surface area contributed by atoms with Crippen molar-refractivity contribution in [1.29, 1.82) is 26.3 Å². The van der Waals surface area contributed by atoms with Gasteiger partial charge in [-0.15, -0.1) is 0 Å². The number of nitrogens with zero attached hydrogens (tertiary/aromatic N) is 6. The molecule has 1 aliphatic rings. The Kier molecular flexibility index (Phi) is 8.80. The molecule has 1 heterocycles. The molecule has 0 unspecified atom stereocenters. The van der Waals surface area contributed by atoms with Gasteiger partial charge < -0.3 is 0 Å². The highest BCUT2D eigenvalue weighted by Gasteiger charge is 2.46.